The number of nitrogens with one attached hydrogen (secondary N) is 2. The Bertz CT molecular complexity index is 353. The predicted octanol–water partition coefficient (Wildman–Crippen LogP) is -2.74. The van der Waals surface area contributed by atoms with E-state index in [0.29, 0.717) is 0 Å². The monoisotopic (exact) mass is 227 g/mol. The van der Waals surface area contributed by atoms with E-state index in [2.05, 4.69) is 10.6 Å². The zero-order valence-corrected chi connectivity index (χ0v) is 8.72. The van der Waals surface area contributed by atoms with Gasteiger partial charge in [0.15, 0.2) is 12.4 Å². The number of ether oxygens (including phenoxy) is 1. The van der Waals surface area contributed by atoms with Crippen molar-refractivity contribution < 1.29 is 19.2 Å². The first kappa shape index (κ1) is 11.1. The van der Waals surface area contributed by atoms with Gasteiger partial charge < -0.3 is 20.9 Å². The highest BCUT2D eigenvalue weighted by atomic mass is 16.5. The van der Waals surface area contributed by atoms with E-state index in [4.69, 9.17) is 15.6 Å². The first-order valence-electron chi connectivity index (χ1n) is 5.04. The molecule has 7 heteroatoms. The predicted molar refractivity (Wildman–Crippen MR) is 55.4 cm³/mol. The summed E-state index contributed by atoms with van der Waals surface area (Å²) in [4.78, 5) is 11.5. The lowest BCUT2D eigenvalue weighted by atomic mass is 10.1. The van der Waals surface area contributed by atoms with E-state index >= 15 is 0 Å². The van der Waals surface area contributed by atoms with Gasteiger partial charge in [-0.05, 0) is 6.08 Å². The van der Waals surface area contributed by atoms with Crippen molar-refractivity contribution in [3.8, 4) is 0 Å². The lowest BCUT2D eigenvalue weighted by Gasteiger charge is -2.19. The summed E-state index contributed by atoms with van der Waals surface area (Å²) in [6.07, 6.45) is 2.98. The van der Waals surface area contributed by atoms with E-state index < -0.39 is 12.2 Å². The van der Waals surface area contributed by atoms with Crippen LogP contribution in [0.4, 0.5) is 0 Å². The van der Waals surface area contributed by atoms with E-state index in [9.17, 15) is 4.79 Å². The molecule has 7 nitrogen and oxygen atoms in total. The molecule has 88 valence electrons. The third-order valence-electron chi connectivity index (χ3n) is 2.41. The van der Waals surface area contributed by atoms with Crippen molar-refractivity contribution in [2.45, 2.75) is 12.2 Å². The molecule has 0 fully saturated rings. The molecular weight excluding hydrogens is 212 g/mol. The average Bonchev–Trinajstić information content (AvgIpc) is 2.62. The van der Waals surface area contributed by atoms with Crippen LogP contribution >= 0.6 is 0 Å². The standard InChI is InChI=1S/C9H14N4O3/c10-7-3-6-8(9(15)12-7)11-4-13(6)5-16-2-1-14/h3-4,7-8,14H,1-2,5,10H2,(H,12,15)/p+1. The fraction of sp³-hybridized carbons (Fsp3) is 0.556. The van der Waals surface area contributed by atoms with Crippen LogP contribution in [0.15, 0.2) is 11.8 Å². The van der Waals surface area contributed by atoms with Gasteiger partial charge in [-0.3, -0.25) is 10.1 Å². The summed E-state index contributed by atoms with van der Waals surface area (Å²) in [5, 5.41) is 14.1. The number of carbonyl (C=O) groups excluding carboxylic acids is 1. The van der Waals surface area contributed by atoms with Crippen LogP contribution < -0.4 is 16.4 Å². The Morgan fingerprint density at radius 2 is 2.44 bits per heavy atom. The van der Waals surface area contributed by atoms with Crippen molar-refractivity contribution in [2.75, 3.05) is 19.9 Å². The summed E-state index contributed by atoms with van der Waals surface area (Å²) in [5.41, 5.74) is 6.43. The van der Waals surface area contributed by atoms with Crippen LogP contribution in [-0.4, -0.2) is 54.1 Å². The van der Waals surface area contributed by atoms with Gasteiger partial charge in [0.05, 0.1) is 13.2 Å². The van der Waals surface area contributed by atoms with E-state index in [-0.39, 0.29) is 25.9 Å². The number of carbonyl (C=O) groups is 1. The van der Waals surface area contributed by atoms with Crippen molar-refractivity contribution in [3.63, 3.8) is 0 Å². The number of nitrogens with zero attached hydrogens (tertiary/aromatic N) is 1. The summed E-state index contributed by atoms with van der Waals surface area (Å²) in [7, 11) is 0. The molecule has 2 aliphatic heterocycles. The maximum atomic E-state index is 11.5. The molecule has 5 N–H and O–H groups in total. The largest absolute Gasteiger partial charge is 0.394 e. The maximum Gasteiger partial charge on any atom is 0.274 e. The van der Waals surface area contributed by atoms with E-state index in [1.807, 2.05) is 0 Å². The van der Waals surface area contributed by atoms with Gasteiger partial charge in [-0.1, -0.05) is 0 Å². The second-order valence-corrected chi connectivity index (χ2v) is 3.59. The normalized spacial score (nSPS) is 27.8. The summed E-state index contributed by atoms with van der Waals surface area (Å²) in [5.74, 6) is -0.147. The molecule has 0 saturated heterocycles. The molecule has 16 heavy (non-hydrogen) atoms. The third kappa shape index (κ3) is 2.06. The van der Waals surface area contributed by atoms with Gasteiger partial charge >= 0.3 is 0 Å². The van der Waals surface area contributed by atoms with Gasteiger partial charge in [0.2, 0.25) is 12.4 Å². The molecule has 0 radical (unpaired) electrons. The Morgan fingerprint density at radius 1 is 1.62 bits per heavy atom. The molecule has 1 amide bonds. The molecule has 2 unspecified atom stereocenters. The van der Waals surface area contributed by atoms with Gasteiger partial charge in [-0.25, -0.2) is 4.58 Å². The number of nitrogens with two attached hydrogens (primary N) is 1. The van der Waals surface area contributed by atoms with Crippen LogP contribution in [0.5, 0.6) is 0 Å². The van der Waals surface area contributed by atoms with Crippen LogP contribution in [0.1, 0.15) is 0 Å². The van der Waals surface area contributed by atoms with E-state index in [1.165, 1.54) is 0 Å². The fourth-order valence-electron chi connectivity index (χ4n) is 1.70. The highest BCUT2D eigenvalue weighted by Crippen LogP contribution is 2.13. The second kappa shape index (κ2) is 4.60. The summed E-state index contributed by atoms with van der Waals surface area (Å²) in [6.45, 7) is 0.528. The average molecular weight is 227 g/mol. The van der Waals surface area contributed by atoms with E-state index in [0.717, 1.165) is 5.70 Å². The number of aliphatic hydroxyl groups excluding tert-OH is 1. The number of fused-ring (bicyclic) bond motifs is 1. The molecule has 0 aliphatic carbocycles. The molecule has 2 aliphatic rings. The first-order valence-corrected chi connectivity index (χ1v) is 5.04. The number of hydrogen-bond acceptors (Lipinski definition) is 5. The van der Waals surface area contributed by atoms with E-state index in [1.54, 1.807) is 17.0 Å². The maximum absolute atomic E-state index is 11.5. The molecular formula is C9H15N4O3+. The van der Waals surface area contributed by atoms with Crippen molar-refractivity contribution in [2.24, 2.45) is 5.73 Å². The minimum atomic E-state index is -0.465. The zero-order valence-electron chi connectivity index (χ0n) is 8.72. The quantitative estimate of drug-likeness (QED) is 0.308. The van der Waals surface area contributed by atoms with Gasteiger partial charge in [-0.2, -0.15) is 0 Å². The minimum Gasteiger partial charge on any atom is -0.394 e. The highest BCUT2D eigenvalue weighted by molar-refractivity contribution is 5.89. The highest BCUT2D eigenvalue weighted by Gasteiger charge is 2.39. The summed E-state index contributed by atoms with van der Waals surface area (Å²) in [6, 6.07) is -0.391. The van der Waals surface area contributed by atoms with Gasteiger partial charge in [0, 0.05) is 0 Å². The van der Waals surface area contributed by atoms with Crippen molar-refractivity contribution >= 4 is 12.2 Å². The fourth-order valence-corrected chi connectivity index (χ4v) is 1.70. The third-order valence-corrected chi connectivity index (χ3v) is 2.41. The molecule has 0 aromatic heterocycles. The first-order chi connectivity index (χ1) is 7.72. The van der Waals surface area contributed by atoms with Crippen molar-refractivity contribution in [3.05, 3.63) is 11.8 Å². The lowest BCUT2D eigenvalue weighted by molar-refractivity contribution is -0.516. The molecule has 0 aromatic carbocycles. The van der Waals surface area contributed by atoms with Crippen LogP contribution in [0.25, 0.3) is 0 Å². The number of aliphatic hydroxyl groups is 1. The van der Waals surface area contributed by atoms with Gasteiger partial charge in [-0.15, -0.1) is 0 Å². The Morgan fingerprint density at radius 3 is 3.19 bits per heavy atom. The Balaban J connectivity index is 2.03. The number of rotatable bonds is 4. The topological polar surface area (TPSA) is 99.6 Å². The van der Waals surface area contributed by atoms with Crippen LogP contribution in [0, 0.1) is 0 Å². The second-order valence-electron chi connectivity index (χ2n) is 3.59. The number of hydrogen-bond donors (Lipinski definition) is 4. The molecule has 2 atom stereocenters. The molecule has 0 aromatic rings. The number of amides is 1. The van der Waals surface area contributed by atoms with Crippen molar-refractivity contribution in [1.82, 2.24) is 10.6 Å². The lowest BCUT2D eigenvalue weighted by Crippen LogP contribution is -2.53. The smallest absolute Gasteiger partial charge is 0.274 e. The van der Waals surface area contributed by atoms with Gasteiger partial charge in [0.25, 0.3) is 5.91 Å². The van der Waals surface area contributed by atoms with Crippen LogP contribution in [0.2, 0.25) is 0 Å². The molecule has 0 bridgehead atoms. The molecule has 2 heterocycles. The van der Waals surface area contributed by atoms with Crippen molar-refractivity contribution in [1.29, 1.82) is 0 Å². The Hall–Kier alpha value is -1.44. The Kier molecular flexibility index (Phi) is 3.18. The Labute approximate surface area is 92.6 Å². The zero-order chi connectivity index (χ0) is 11.5. The summed E-state index contributed by atoms with van der Waals surface area (Å²) < 4.78 is 6.94. The minimum absolute atomic E-state index is 0.0241. The van der Waals surface area contributed by atoms with Gasteiger partial charge in [0.1, 0.15) is 6.17 Å². The summed E-state index contributed by atoms with van der Waals surface area (Å²) >= 11 is 0. The SMILES string of the molecule is NC1C=C2C(NC=[N+]2COCCO)C(=O)N1. The molecule has 0 saturated carbocycles. The molecule has 0 spiro atoms. The molecule has 2 rings (SSSR count). The van der Waals surface area contributed by atoms with Crippen LogP contribution in [0.3, 0.4) is 0 Å². The van der Waals surface area contributed by atoms with Crippen LogP contribution in [-0.2, 0) is 9.53 Å².